The third kappa shape index (κ3) is 2.29. The Hall–Kier alpha value is -2.36. The summed E-state index contributed by atoms with van der Waals surface area (Å²) in [5.41, 5.74) is 4.23. The molecule has 2 aromatic heterocycles. The molecule has 0 amide bonds. The molecule has 0 atom stereocenters. The Morgan fingerprint density at radius 2 is 1.74 bits per heavy atom. The van der Waals surface area contributed by atoms with Gasteiger partial charge in [-0.25, -0.2) is 9.97 Å². The first-order valence-electron chi connectivity index (χ1n) is 6.29. The molecule has 4 nitrogen and oxygen atoms in total. The van der Waals surface area contributed by atoms with Crippen LogP contribution in [0.2, 0.25) is 0 Å². The monoisotopic (exact) mass is 252 g/mol. The zero-order valence-corrected chi connectivity index (χ0v) is 11.3. The van der Waals surface area contributed by atoms with Gasteiger partial charge in [-0.05, 0) is 39.0 Å². The lowest BCUT2D eigenvalue weighted by atomic mass is 10.2. The zero-order chi connectivity index (χ0) is 13.4. The van der Waals surface area contributed by atoms with Crippen molar-refractivity contribution in [2.45, 2.75) is 20.8 Å². The van der Waals surface area contributed by atoms with Crippen molar-refractivity contribution in [1.29, 1.82) is 0 Å². The highest BCUT2D eigenvalue weighted by molar-refractivity contribution is 5.89. The molecule has 3 rings (SSSR count). The lowest BCUT2D eigenvalue weighted by Crippen LogP contribution is -1.98. The summed E-state index contributed by atoms with van der Waals surface area (Å²) >= 11 is 0. The molecule has 0 spiro atoms. The molecule has 0 saturated heterocycles. The number of hydrogen-bond acceptors (Lipinski definition) is 3. The van der Waals surface area contributed by atoms with Gasteiger partial charge in [0.2, 0.25) is 0 Å². The number of rotatable bonds is 2. The van der Waals surface area contributed by atoms with E-state index in [4.69, 9.17) is 0 Å². The van der Waals surface area contributed by atoms with E-state index in [1.807, 2.05) is 13.8 Å². The van der Waals surface area contributed by atoms with Crippen LogP contribution in [0.3, 0.4) is 0 Å². The summed E-state index contributed by atoms with van der Waals surface area (Å²) in [7, 11) is 0. The maximum Gasteiger partial charge on any atom is 0.143 e. The molecule has 0 aliphatic rings. The van der Waals surface area contributed by atoms with E-state index in [0.717, 1.165) is 34.1 Å². The van der Waals surface area contributed by atoms with Gasteiger partial charge in [-0.3, -0.25) is 0 Å². The SMILES string of the molecule is Cc1ccc(Nc2nc(C)nc3[nH]c(C)cc23)cc1. The molecule has 2 N–H and O–H groups in total. The largest absolute Gasteiger partial charge is 0.343 e. The van der Waals surface area contributed by atoms with Gasteiger partial charge in [-0.15, -0.1) is 0 Å². The Morgan fingerprint density at radius 1 is 1.00 bits per heavy atom. The van der Waals surface area contributed by atoms with Gasteiger partial charge in [-0.2, -0.15) is 0 Å². The summed E-state index contributed by atoms with van der Waals surface area (Å²) in [6, 6.07) is 10.3. The van der Waals surface area contributed by atoms with E-state index in [1.165, 1.54) is 5.56 Å². The van der Waals surface area contributed by atoms with Gasteiger partial charge < -0.3 is 10.3 Å². The number of fused-ring (bicyclic) bond motifs is 1. The van der Waals surface area contributed by atoms with E-state index < -0.39 is 0 Å². The third-order valence-electron chi connectivity index (χ3n) is 3.05. The minimum atomic E-state index is 0.754. The van der Waals surface area contributed by atoms with Crippen LogP contribution in [-0.2, 0) is 0 Å². The molecule has 96 valence electrons. The minimum absolute atomic E-state index is 0.754. The maximum atomic E-state index is 4.49. The van der Waals surface area contributed by atoms with Gasteiger partial charge in [0.1, 0.15) is 17.3 Å². The van der Waals surface area contributed by atoms with Crippen molar-refractivity contribution in [3.63, 3.8) is 0 Å². The first kappa shape index (κ1) is 11.7. The van der Waals surface area contributed by atoms with Crippen LogP contribution in [0.25, 0.3) is 11.0 Å². The third-order valence-corrected chi connectivity index (χ3v) is 3.05. The van der Waals surface area contributed by atoms with Gasteiger partial charge >= 0.3 is 0 Å². The molecular weight excluding hydrogens is 236 g/mol. The Bertz CT molecular complexity index is 726. The molecule has 1 aromatic carbocycles. The molecule has 3 aromatic rings. The highest BCUT2D eigenvalue weighted by Crippen LogP contribution is 2.24. The summed E-state index contributed by atoms with van der Waals surface area (Å²) in [4.78, 5) is 12.1. The van der Waals surface area contributed by atoms with Gasteiger partial charge in [-0.1, -0.05) is 17.7 Å². The van der Waals surface area contributed by atoms with Crippen molar-refractivity contribution >= 4 is 22.5 Å². The van der Waals surface area contributed by atoms with Crippen LogP contribution < -0.4 is 5.32 Å². The highest BCUT2D eigenvalue weighted by Gasteiger charge is 2.08. The van der Waals surface area contributed by atoms with E-state index in [9.17, 15) is 0 Å². The molecule has 4 heteroatoms. The molecule has 0 bridgehead atoms. The second-order valence-electron chi connectivity index (χ2n) is 4.83. The molecule has 19 heavy (non-hydrogen) atoms. The number of nitrogens with zero attached hydrogens (tertiary/aromatic N) is 2. The number of aryl methyl sites for hydroxylation is 3. The van der Waals surface area contributed by atoms with Gasteiger partial charge in [0.25, 0.3) is 0 Å². The fourth-order valence-electron chi connectivity index (χ4n) is 2.12. The van der Waals surface area contributed by atoms with Crippen LogP contribution in [-0.4, -0.2) is 15.0 Å². The van der Waals surface area contributed by atoms with Gasteiger partial charge in [0.15, 0.2) is 0 Å². The van der Waals surface area contributed by atoms with Crippen LogP contribution in [0.4, 0.5) is 11.5 Å². The highest BCUT2D eigenvalue weighted by atomic mass is 15.1. The van der Waals surface area contributed by atoms with Gasteiger partial charge in [0.05, 0.1) is 5.39 Å². The van der Waals surface area contributed by atoms with E-state index in [-0.39, 0.29) is 0 Å². The fourth-order valence-corrected chi connectivity index (χ4v) is 2.12. The quantitative estimate of drug-likeness (QED) is 0.732. The number of anilines is 2. The summed E-state index contributed by atoms with van der Waals surface area (Å²) < 4.78 is 0. The second kappa shape index (κ2) is 4.39. The average molecular weight is 252 g/mol. The molecule has 0 unspecified atom stereocenters. The van der Waals surface area contributed by atoms with Crippen LogP contribution in [0.15, 0.2) is 30.3 Å². The second-order valence-corrected chi connectivity index (χ2v) is 4.83. The Labute approximate surface area is 111 Å². The number of hydrogen-bond donors (Lipinski definition) is 2. The van der Waals surface area contributed by atoms with Crippen molar-refractivity contribution in [2.75, 3.05) is 5.32 Å². The van der Waals surface area contributed by atoms with E-state index in [0.29, 0.717) is 0 Å². The zero-order valence-electron chi connectivity index (χ0n) is 11.3. The van der Waals surface area contributed by atoms with Crippen LogP contribution in [0, 0.1) is 20.8 Å². The first-order valence-corrected chi connectivity index (χ1v) is 6.29. The smallest absolute Gasteiger partial charge is 0.143 e. The van der Waals surface area contributed by atoms with E-state index in [1.54, 1.807) is 0 Å². The molecule has 0 saturated carbocycles. The topological polar surface area (TPSA) is 53.6 Å². The Balaban J connectivity index is 2.06. The average Bonchev–Trinajstić information content (AvgIpc) is 2.72. The van der Waals surface area contributed by atoms with Crippen LogP contribution in [0.1, 0.15) is 17.1 Å². The van der Waals surface area contributed by atoms with Crippen molar-refractivity contribution < 1.29 is 0 Å². The van der Waals surface area contributed by atoms with E-state index in [2.05, 4.69) is 57.5 Å². The summed E-state index contributed by atoms with van der Waals surface area (Å²) in [6.45, 7) is 5.99. The first-order chi connectivity index (χ1) is 9.11. The molecule has 0 aliphatic carbocycles. The lowest BCUT2D eigenvalue weighted by molar-refractivity contribution is 1.08. The Morgan fingerprint density at radius 3 is 2.47 bits per heavy atom. The standard InChI is InChI=1S/C15H16N4/c1-9-4-6-12(7-5-9)19-15-13-8-10(2)16-14(13)17-11(3)18-15/h4-8H,1-3H3,(H2,16,17,18,19). The molecule has 0 radical (unpaired) electrons. The number of nitrogens with one attached hydrogen (secondary N) is 2. The van der Waals surface area contributed by atoms with Crippen molar-refractivity contribution in [3.8, 4) is 0 Å². The Kier molecular flexibility index (Phi) is 2.71. The van der Waals surface area contributed by atoms with Crippen LogP contribution >= 0.6 is 0 Å². The van der Waals surface area contributed by atoms with Crippen LogP contribution in [0.5, 0.6) is 0 Å². The molecular formula is C15H16N4. The van der Waals surface area contributed by atoms with Crippen molar-refractivity contribution in [3.05, 3.63) is 47.4 Å². The summed E-state index contributed by atoms with van der Waals surface area (Å²) in [6.07, 6.45) is 0. The van der Waals surface area contributed by atoms with Crippen molar-refractivity contribution in [2.24, 2.45) is 0 Å². The summed E-state index contributed by atoms with van der Waals surface area (Å²) in [5.74, 6) is 1.60. The molecule has 0 fully saturated rings. The number of aromatic nitrogens is 3. The molecule has 0 aliphatic heterocycles. The number of aromatic amines is 1. The predicted octanol–water partition coefficient (Wildman–Crippen LogP) is 3.63. The predicted molar refractivity (Wildman–Crippen MR) is 77.8 cm³/mol. The minimum Gasteiger partial charge on any atom is -0.343 e. The summed E-state index contributed by atoms with van der Waals surface area (Å²) in [5, 5.41) is 4.37. The van der Waals surface area contributed by atoms with Gasteiger partial charge in [0, 0.05) is 11.4 Å². The molecule has 2 heterocycles. The van der Waals surface area contributed by atoms with E-state index >= 15 is 0 Å². The number of benzene rings is 1. The van der Waals surface area contributed by atoms with Crippen molar-refractivity contribution in [1.82, 2.24) is 15.0 Å². The maximum absolute atomic E-state index is 4.49. The lowest BCUT2D eigenvalue weighted by Gasteiger charge is -2.07. The fraction of sp³-hybridized carbons (Fsp3) is 0.200. The number of H-pyrrole nitrogens is 1. The normalized spacial score (nSPS) is 10.9.